The second-order valence-electron chi connectivity index (χ2n) is 5.31. The Kier molecular flexibility index (Phi) is 5.80. The zero-order valence-electron chi connectivity index (χ0n) is 13.8. The number of methoxy groups -OCH3 is 1. The van der Waals surface area contributed by atoms with Crippen molar-refractivity contribution in [3.8, 4) is 11.5 Å². The van der Waals surface area contributed by atoms with Crippen LogP contribution in [0.3, 0.4) is 0 Å². The molecule has 0 fully saturated rings. The molecule has 0 spiro atoms. The normalized spacial score (nSPS) is 11.3. The summed E-state index contributed by atoms with van der Waals surface area (Å²) >= 11 is 0. The van der Waals surface area contributed by atoms with Gasteiger partial charge in [-0.15, -0.1) is 0 Å². The zero-order chi connectivity index (χ0) is 17.7. The van der Waals surface area contributed by atoms with Gasteiger partial charge in [-0.2, -0.15) is 0 Å². The highest BCUT2D eigenvalue weighted by atomic mass is 32.2. The number of hydrogen-bond donors (Lipinski definition) is 1. The number of aryl methyl sites for hydroxylation is 2. The topological polar surface area (TPSA) is 64.6 Å². The van der Waals surface area contributed by atoms with E-state index in [0.29, 0.717) is 5.75 Å². The van der Waals surface area contributed by atoms with Crippen molar-refractivity contribution in [2.45, 2.75) is 18.7 Å². The summed E-state index contributed by atoms with van der Waals surface area (Å²) < 4.78 is 50.9. The summed E-state index contributed by atoms with van der Waals surface area (Å²) in [6.45, 7) is 4.07. The van der Waals surface area contributed by atoms with Crippen LogP contribution in [0, 0.1) is 19.7 Å². The Balaban J connectivity index is 2.01. The van der Waals surface area contributed by atoms with Crippen molar-refractivity contribution in [1.82, 2.24) is 4.72 Å². The minimum absolute atomic E-state index is 0.0510. The van der Waals surface area contributed by atoms with Crippen LogP contribution < -0.4 is 14.2 Å². The highest BCUT2D eigenvalue weighted by Crippen LogP contribution is 2.24. The molecule has 0 atom stereocenters. The van der Waals surface area contributed by atoms with Crippen molar-refractivity contribution >= 4 is 10.0 Å². The number of halogens is 1. The summed E-state index contributed by atoms with van der Waals surface area (Å²) in [6.07, 6.45) is 0. The van der Waals surface area contributed by atoms with E-state index in [1.165, 1.54) is 13.2 Å². The fourth-order valence-corrected chi connectivity index (χ4v) is 3.33. The lowest BCUT2D eigenvalue weighted by atomic mass is 10.1. The fraction of sp³-hybridized carbons (Fsp3) is 0.294. The van der Waals surface area contributed by atoms with Crippen LogP contribution in [-0.4, -0.2) is 28.7 Å². The Morgan fingerprint density at radius 1 is 1.08 bits per heavy atom. The van der Waals surface area contributed by atoms with E-state index in [4.69, 9.17) is 9.47 Å². The van der Waals surface area contributed by atoms with Gasteiger partial charge in [-0.3, -0.25) is 0 Å². The molecule has 0 bridgehead atoms. The number of hydrogen-bond acceptors (Lipinski definition) is 4. The summed E-state index contributed by atoms with van der Waals surface area (Å²) in [7, 11) is -2.56. The minimum Gasteiger partial charge on any atom is -0.495 e. The monoisotopic (exact) mass is 353 g/mol. The number of ether oxygens (including phenoxy) is 2. The van der Waals surface area contributed by atoms with E-state index in [-0.39, 0.29) is 23.8 Å². The zero-order valence-corrected chi connectivity index (χ0v) is 14.6. The van der Waals surface area contributed by atoms with Crippen molar-refractivity contribution in [3.05, 3.63) is 53.3 Å². The molecule has 0 aliphatic rings. The van der Waals surface area contributed by atoms with E-state index < -0.39 is 15.8 Å². The van der Waals surface area contributed by atoms with Gasteiger partial charge in [0.05, 0.1) is 7.11 Å². The van der Waals surface area contributed by atoms with Crippen LogP contribution in [0.2, 0.25) is 0 Å². The molecule has 130 valence electrons. The van der Waals surface area contributed by atoms with E-state index in [0.717, 1.165) is 23.3 Å². The molecule has 0 radical (unpaired) electrons. The van der Waals surface area contributed by atoms with Crippen LogP contribution in [0.25, 0.3) is 0 Å². The van der Waals surface area contributed by atoms with Gasteiger partial charge in [0.1, 0.15) is 28.8 Å². The lowest BCUT2D eigenvalue weighted by molar-refractivity contribution is 0.320. The van der Waals surface area contributed by atoms with Crippen molar-refractivity contribution in [3.63, 3.8) is 0 Å². The molecule has 2 rings (SSSR count). The largest absolute Gasteiger partial charge is 0.495 e. The quantitative estimate of drug-likeness (QED) is 0.778. The summed E-state index contributed by atoms with van der Waals surface area (Å²) in [4.78, 5) is -0.239. The maximum absolute atomic E-state index is 13.3. The maximum Gasteiger partial charge on any atom is 0.244 e. The smallest absolute Gasteiger partial charge is 0.244 e. The van der Waals surface area contributed by atoms with Gasteiger partial charge in [-0.05, 0) is 49.2 Å². The van der Waals surface area contributed by atoms with E-state index in [2.05, 4.69) is 4.72 Å². The average molecular weight is 353 g/mol. The summed E-state index contributed by atoms with van der Waals surface area (Å²) in [5.74, 6) is 0.139. The highest BCUT2D eigenvalue weighted by Gasteiger charge is 2.20. The molecule has 0 saturated heterocycles. The van der Waals surface area contributed by atoms with Gasteiger partial charge in [0.25, 0.3) is 0 Å². The molecular weight excluding hydrogens is 333 g/mol. The lowest BCUT2D eigenvalue weighted by Gasteiger charge is -2.12. The third-order valence-corrected chi connectivity index (χ3v) is 4.89. The standard InChI is InChI=1S/C17H20FNO4S/c1-12-4-5-13(2)16(10-12)23-9-8-19-24(20,21)17-11-14(18)6-7-15(17)22-3/h4-7,10-11,19H,8-9H2,1-3H3. The molecule has 7 heteroatoms. The molecule has 0 aliphatic carbocycles. The van der Waals surface area contributed by atoms with Gasteiger partial charge in [-0.25, -0.2) is 17.5 Å². The van der Waals surface area contributed by atoms with E-state index in [9.17, 15) is 12.8 Å². The fourth-order valence-electron chi connectivity index (χ4n) is 2.14. The first-order chi connectivity index (χ1) is 11.3. The van der Waals surface area contributed by atoms with Gasteiger partial charge in [0, 0.05) is 6.54 Å². The third kappa shape index (κ3) is 4.46. The second kappa shape index (κ2) is 7.63. The van der Waals surface area contributed by atoms with Crippen LogP contribution in [0.15, 0.2) is 41.3 Å². The van der Waals surface area contributed by atoms with Crippen molar-refractivity contribution < 1.29 is 22.3 Å². The Bertz CT molecular complexity index is 821. The van der Waals surface area contributed by atoms with Crippen molar-refractivity contribution in [2.75, 3.05) is 20.3 Å². The molecule has 2 aromatic rings. The van der Waals surface area contributed by atoms with E-state index in [1.54, 1.807) is 0 Å². The van der Waals surface area contributed by atoms with Gasteiger partial charge in [-0.1, -0.05) is 12.1 Å². The summed E-state index contributed by atoms with van der Waals surface area (Å²) in [6, 6.07) is 9.14. The molecule has 5 nitrogen and oxygen atoms in total. The first-order valence-electron chi connectivity index (χ1n) is 7.37. The van der Waals surface area contributed by atoms with E-state index in [1.807, 2.05) is 32.0 Å². The van der Waals surface area contributed by atoms with Crippen LogP contribution in [0.5, 0.6) is 11.5 Å². The van der Waals surface area contributed by atoms with Crippen molar-refractivity contribution in [1.29, 1.82) is 0 Å². The maximum atomic E-state index is 13.3. The van der Waals surface area contributed by atoms with Gasteiger partial charge >= 0.3 is 0 Å². The van der Waals surface area contributed by atoms with Crippen LogP contribution in [0.4, 0.5) is 4.39 Å². The van der Waals surface area contributed by atoms with E-state index >= 15 is 0 Å². The highest BCUT2D eigenvalue weighted by molar-refractivity contribution is 7.89. The Morgan fingerprint density at radius 2 is 1.83 bits per heavy atom. The molecule has 24 heavy (non-hydrogen) atoms. The number of benzene rings is 2. The van der Waals surface area contributed by atoms with Gasteiger partial charge in [0.15, 0.2) is 0 Å². The van der Waals surface area contributed by atoms with Crippen LogP contribution in [-0.2, 0) is 10.0 Å². The average Bonchev–Trinajstić information content (AvgIpc) is 2.54. The van der Waals surface area contributed by atoms with Crippen LogP contribution in [0.1, 0.15) is 11.1 Å². The second-order valence-corrected chi connectivity index (χ2v) is 7.05. The predicted octanol–water partition coefficient (Wildman–Crippen LogP) is 2.81. The number of nitrogens with one attached hydrogen (secondary N) is 1. The predicted molar refractivity (Wildman–Crippen MR) is 89.6 cm³/mol. The van der Waals surface area contributed by atoms with Crippen molar-refractivity contribution in [2.24, 2.45) is 0 Å². The van der Waals surface area contributed by atoms with Gasteiger partial charge < -0.3 is 9.47 Å². The third-order valence-electron chi connectivity index (χ3n) is 3.41. The summed E-state index contributed by atoms with van der Waals surface area (Å²) in [5.41, 5.74) is 2.02. The first kappa shape index (κ1) is 18.2. The molecule has 0 saturated carbocycles. The summed E-state index contributed by atoms with van der Waals surface area (Å²) in [5, 5.41) is 0. The molecule has 1 N–H and O–H groups in total. The van der Waals surface area contributed by atoms with Gasteiger partial charge in [0.2, 0.25) is 10.0 Å². The number of sulfonamides is 1. The molecule has 0 aromatic heterocycles. The molecule has 0 amide bonds. The lowest BCUT2D eigenvalue weighted by Crippen LogP contribution is -2.28. The van der Waals surface area contributed by atoms with Crippen LogP contribution >= 0.6 is 0 Å². The first-order valence-corrected chi connectivity index (χ1v) is 8.85. The minimum atomic E-state index is -3.89. The molecule has 0 aliphatic heterocycles. The SMILES string of the molecule is COc1ccc(F)cc1S(=O)(=O)NCCOc1cc(C)ccc1C. The number of rotatable bonds is 7. The molecule has 2 aromatic carbocycles. The molecular formula is C17H20FNO4S. The Labute approximate surface area is 141 Å². The Morgan fingerprint density at radius 3 is 2.54 bits per heavy atom. The molecule has 0 unspecified atom stereocenters. The molecule has 0 heterocycles. The Hall–Kier alpha value is -2.12.